The fourth-order valence-electron chi connectivity index (χ4n) is 1.19. The molecule has 0 unspecified atom stereocenters. The molecule has 0 bridgehead atoms. The van der Waals surface area contributed by atoms with E-state index in [1.165, 1.54) is 0 Å². The van der Waals surface area contributed by atoms with Gasteiger partial charge in [-0.25, -0.2) is 4.79 Å². The SMILES string of the molecule is CCC[C@H](N=C[C]1[CH][CH][CH][CH]1)C(=O)O. The minimum Gasteiger partial charge on any atom is -0.480 e. The van der Waals surface area contributed by atoms with Crippen LogP contribution in [-0.2, 0) is 4.79 Å². The number of hydrogen-bond acceptors (Lipinski definition) is 2. The largest absolute Gasteiger partial charge is 0.480 e. The van der Waals surface area contributed by atoms with E-state index in [0.29, 0.717) is 6.42 Å². The van der Waals surface area contributed by atoms with Crippen LogP contribution in [0.4, 0.5) is 0 Å². The average molecular weight is 192 g/mol. The first-order valence-electron chi connectivity index (χ1n) is 4.71. The maximum Gasteiger partial charge on any atom is 0.328 e. The Morgan fingerprint density at radius 2 is 2.21 bits per heavy atom. The molecule has 0 aromatic heterocycles. The van der Waals surface area contributed by atoms with Crippen LogP contribution in [0.25, 0.3) is 0 Å². The maximum absolute atomic E-state index is 10.7. The third-order valence-corrected chi connectivity index (χ3v) is 1.94. The lowest BCUT2D eigenvalue weighted by Crippen LogP contribution is -2.18. The van der Waals surface area contributed by atoms with Crippen LogP contribution in [0.3, 0.4) is 0 Å². The summed E-state index contributed by atoms with van der Waals surface area (Å²) in [6, 6.07) is -0.602. The Kier molecular flexibility index (Phi) is 4.63. The van der Waals surface area contributed by atoms with E-state index in [1.807, 2.05) is 32.6 Å². The van der Waals surface area contributed by atoms with Crippen molar-refractivity contribution in [1.29, 1.82) is 0 Å². The molecule has 0 aromatic rings. The fourth-order valence-corrected chi connectivity index (χ4v) is 1.19. The smallest absolute Gasteiger partial charge is 0.328 e. The zero-order valence-electron chi connectivity index (χ0n) is 8.18. The quantitative estimate of drug-likeness (QED) is 0.674. The normalized spacial score (nSPS) is 20.4. The van der Waals surface area contributed by atoms with E-state index in [9.17, 15) is 4.79 Å². The van der Waals surface area contributed by atoms with Gasteiger partial charge in [-0.1, -0.05) is 13.3 Å². The summed E-state index contributed by atoms with van der Waals surface area (Å²) in [4.78, 5) is 14.8. The van der Waals surface area contributed by atoms with Crippen molar-refractivity contribution in [3.63, 3.8) is 0 Å². The fraction of sp³-hybridized carbons (Fsp3) is 0.364. The predicted octanol–water partition coefficient (Wildman–Crippen LogP) is 1.72. The number of carboxylic acids is 1. The summed E-state index contributed by atoms with van der Waals surface area (Å²) in [5.41, 5.74) is 0. The Bertz CT molecular complexity index is 207. The molecular formula is C11H14NO2. The molecule has 0 spiro atoms. The van der Waals surface area contributed by atoms with Crippen molar-refractivity contribution in [3.8, 4) is 0 Å². The Hall–Kier alpha value is -0.860. The lowest BCUT2D eigenvalue weighted by atomic mass is 10.1. The molecule has 0 aliphatic heterocycles. The molecule has 1 rings (SSSR count). The van der Waals surface area contributed by atoms with Crippen LogP contribution in [-0.4, -0.2) is 23.3 Å². The van der Waals surface area contributed by atoms with E-state index < -0.39 is 12.0 Å². The van der Waals surface area contributed by atoms with Crippen molar-refractivity contribution in [2.45, 2.75) is 25.8 Å². The minimum atomic E-state index is -0.852. The van der Waals surface area contributed by atoms with E-state index >= 15 is 0 Å². The van der Waals surface area contributed by atoms with Crippen molar-refractivity contribution < 1.29 is 9.90 Å². The number of aliphatic imine (C=N–C) groups is 1. The first-order valence-corrected chi connectivity index (χ1v) is 4.71. The second-order valence-corrected chi connectivity index (χ2v) is 3.14. The first kappa shape index (κ1) is 11.2. The Morgan fingerprint density at radius 1 is 1.57 bits per heavy atom. The third kappa shape index (κ3) is 3.48. The molecule has 3 heteroatoms. The highest BCUT2D eigenvalue weighted by Crippen LogP contribution is 2.21. The van der Waals surface area contributed by atoms with E-state index in [4.69, 9.17) is 5.11 Å². The second kappa shape index (κ2) is 5.78. The van der Waals surface area contributed by atoms with Gasteiger partial charge in [0, 0.05) is 12.1 Å². The molecule has 3 nitrogen and oxygen atoms in total. The standard InChI is InChI=1S/C11H14NO2/c1-2-5-10(11(13)14)12-8-9-6-3-4-7-9/h3-4,6-8,10H,2,5H2,1H3,(H,13,14)/t10-/m0/s1. The Labute approximate surface area is 85.2 Å². The summed E-state index contributed by atoms with van der Waals surface area (Å²) >= 11 is 0. The summed E-state index contributed by atoms with van der Waals surface area (Å²) in [7, 11) is 0. The number of nitrogens with zero attached hydrogens (tertiary/aromatic N) is 1. The Morgan fingerprint density at radius 3 is 2.71 bits per heavy atom. The predicted molar refractivity (Wildman–Crippen MR) is 55.3 cm³/mol. The van der Waals surface area contributed by atoms with Gasteiger partial charge in [0.25, 0.3) is 0 Å². The van der Waals surface area contributed by atoms with Gasteiger partial charge < -0.3 is 5.11 Å². The van der Waals surface area contributed by atoms with Crippen molar-refractivity contribution >= 4 is 12.2 Å². The summed E-state index contributed by atoms with van der Waals surface area (Å²) in [6.45, 7) is 1.95. The minimum absolute atomic E-state index is 0.590. The number of hydrogen-bond donors (Lipinski definition) is 1. The maximum atomic E-state index is 10.7. The summed E-state index contributed by atoms with van der Waals surface area (Å²) in [6.07, 6.45) is 10.6. The van der Waals surface area contributed by atoms with E-state index in [0.717, 1.165) is 12.3 Å². The van der Waals surface area contributed by atoms with Crippen LogP contribution in [0, 0.1) is 31.6 Å². The first-order chi connectivity index (χ1) is 6.74. The van der Waals surface area contributed by atoms with Gasteiger partial charge in [0.15, 0.2) is 0 Å². The molecule has 5 radical (unpaired) electrons. The summed E-state index contributed by atoms with van der Waals surface area (Å²) < 4.78 is 0. The van der Waals surface area contributed by atoms with Crippen LogP contribution >= 0.6 is 0 Å². The number of carboxylic acid groups (broad SMARTS) is 1. The highest BCUT2D eigenvalue weighted by atomic mass is 16.4. The van der Waals surface area contributed by atoms with Crippen LogP contribution in [0.5, 0.6) is 0 Å². The van der Waals surface area contributed by atoms with Gasteiger partial charge in [-0.15, -0.1) is 0 Å². The second-order valence-electron chi connectivity index (χ2n) is 3.14. The molecular weight excluding hydrogens is 178 g/mol. The van der Waals surface area contributed by atoms with Crippen molar-refractivity contribution in [1.82, 2.24) is 0 Å². The van der Waals surface area contributed by atoms with Gasteiger partial charge >= 0.3 is 5.97 Å². The molecule has 1 aliphatic rings. The van der Waals surface area contributed by atoms with Crippen LogP contribution in [0.15, 0.2) is 4.99 Å². The lowest BCUT2D eigenvalue weighted by Gasteiger charge is -2.06. The molecule has 1 atom stereocenters. The lowest BCUT2D eigenvalue weighted by molar-refractivity contribution is -0.138. The van der Waals surface area contributed by atoms with Crippen molar-refractivity contribution in [3.05, 3.63) is 31.6 Å². The number of carbonyl (C=O) groups is 1. The summed E-state index contributed by atoms with van der Waals surface area (Å²) in [5.74, 6) is 0.0991. The molecule has 1 fully saturated rings. The number of rotatable bonds is 5. The molecule has 0 saturated heterocycles. The topological polar surface area (TPSA) is 49.7 Å². The zero-order chi connectivity index (χ0) is 10.4. The van der Waals surface area contributed by atoms with Gasteiger partial charge in [-0.3, -0.25) is 4.99 Å². The van der Waals surface area contributed by atoms with Crippen LogP contribution < -0.4 is 0 Å². The molecule has 0 heterocycles. The molecule has 1 aliphatic carbocycles. The van der Waals surface area contributed by atoms with Crippen molar-refractivity contribution in [2.24, 2.45) is 4.99 Å². The number of aliphatic carboxylic acids is 1. The zero-order valence-corrected chi connectivity index (χ0v) is 8.18. The Balaban J connectivity index is 2.40. The van der Waals surface area contributed by atoms with Gasteiger partial charge in [0.05, 0.1) is 0 Å². The molecule has 75 valence electrons. The molecule has 0 aromatic carbocycles. The van der Waals surface area contributed by atoms with Gasteiger partial charge in [0.1, 0.15) is 6.04 Å². The van der Waals surface area contributed by atoms with E-state index in [-0.39, 0.29) is 0 Å². The van der Waals surface area contributed by atoms with Gasteiger partial charge in [-0.05, 0) is 32.1 Å². The molecule has 0 amide bonds. The third-order valence-electron chi connectivity index (χ3n) is 1.94. The van der Waals surface area contributed by atoms with Crippen LogP contribution in [0.2, 0.25) is 0 Å². The van der Waals surface area contributed by atoms with Gasteiger partial charge in [0.2, 0.25) is 0 Å². The molecule has 1 saturated carbocycles. The highest BCUT2D eigenvalue weighted by Gasteiger charge is 2.17. The summed E-state index contributed by atoms with van der Waals surface area (Å²) in [5, 5.41) is 8.82. The van der Waals surface area contributed by atoms with E-state index in [1.54, 1.807) is 6.21 Å². The van der Waals surface area contributed by atoms with Crippen LogP contribution in [0.1, 0.15) is 19.8 Å². The molecule has 1 N–H and O–H groups in total. The monoisotopic (exact) mass is 192 g/mol. The highest BCUT2D eigenvalue weighted by molar-refractivity contribution is 5.85. The average Bonchev–Trinajstić information content (AvgIpc) is 2.64. The van der Waals surface area contributed by atoms with E-state index in [2.05, 4.69) is 4.99 Å². The van der Waals surface area contributed by atoms with Crippen molar-refractivity contribution in [2.75, 3.05) is 0 Å². The molecule has 14 heavy (non-hydrogen) atoms. The van der Waals surface area contributed by atoms with Gasteiger partial charge in [-0.2, -0.15) is 0 Å².